The van der Waals surface area contributed by atoms with Crippen molar-refractivity contribution in [1.29, 1.82) is 0 Å². The Hall–Kier alpha value is -1.84. The van der Waals surface area contributed by atoms with Gasteiger partial charge in [-0.25, -0.2) is 0 Å². The van der Waals surface area contributed by atoms with Crippen molar-refractivity contribution in [1.82, 2.24) is 4.90 Å². The Balaban J connectivity index is 1.59. The first-order chi connectivity index (χ1) is 11.1. The maximum absolute atomic E-state index is 12.6. The van der Waals surface area contributed by atoms with Crippen LogP contribution >= 0.6 is 0 Å². The molecule has 1 amide bonds. The Bertz CT molecular complexity index is 565. The number of hydrogen-bond donors (Lipinski definition) is 1. The lowest BCUT2D eigenvalue weighted by atomic mass is 9.66. The van der Waals surface area contributed by atoms with E-state index in [0.717, 1.165) is 38.8 Å². The Kier molecular flexibility index (Phi) is 4.69. The third-order valence-corrected chi connectivity index (χ3v) is 5.61. The fourth-order valence-electron chi connectivity index (χ4n) is 3.88. The summed E-state index contributed by atoms with van der Waals surface area (Å²) >= 11 is 0. The lowest BCUT2D eigenvalue weighted by molar-refractivity contribution is -0.159. The Morgan fingerprint density at radius 3 is 2.43 bits per heavy atom. The molecule has 2 fully saturated rings. The van der Waals surface area contributed by atoms with Crippen molar-refractivity contribution in [3.63, 3.8) is 0 Å². The topological polar surface area (TPSA) is 57.6 Å². The molecular formula is C19H25NO3. The monoisotopic (exact) mass is 315 g/mol. The van der Waals surface area contributed by atoms with Crippen molar-refractivity contribution < 1.29 is 14.7 Å². The zero-order chi connectivity index (χ0) is 16.3. The van der Waals surface area contributed by atoms with Gasteiger partial charge in [-0.2, -0.15) is 0 Å². The number of benzene rings is 1. The summed E-state index contributed by atoms with van der Waals surface area (Å²) in [5.41, 5.74) is 0.574. The van der Waals surface area contributed by atoms with E-state index in [1.165, 1.54) is 5.56 Å². The van der Waals surface area contributed by atoms with Gasteiger partial charge in [0.05, 0.1) is 5.41 Å². The quantitative estimate of drug-likeness (QED) is 0.926. The summed E-state index contributed by atoms with van der Waals surface area (Å²) < 4.78 is 0. The number of aliphatic carboxylic acids is 1. The van der Waals surface area contributed by atoms with Crippen molar-refractivity contribution >= 4 is 11.9 Å². The molecule has 1 aliphatic carbocycles. The molecule has 4 heteroatoms. The molecule has 1 aromatic rings. The van der Waals surface area contributed by atoms with Gasteiger partial charge in [-0.05, 0) is 43.6 Å². The molecule has 0 bridgehead atoms. The van der Waals surface area contributed by atoms with Gasteiger partial charge in [-0.3, -0.25) is 9.59 Å². The maximum atomic E-state index is 12.6. The van der Waals surface area contributed by atoms with Crippen LogP contribution in [0.2, 0.25) is 0 Å². The van der Waals surface area contributed by atoms with Gasteiger partial charge >= 0.3 is 5.97 Å². The SMILES string of the molecule is O=C(CC1(C(=O)O)CCC1)N1CCCC(c2ccccc2)CC1. The molecule has 23 heavy (non-hydrogen) atoms. The minimum atomic E-state index is -0.797. The normalized spacial score (nSPS) is 23.7. The van der Waals surface area contributed by atoms with Crippen LogP contribution in [0, 0.1) is 5.41 Å². The molecule has 1 saturated heterocycles. The molecule has 0 spiro atoms. The molecule has 1 aliphatic heterocycles. The van der Waals surface area contributed by atoms with E-state index in [0.29, 0.717) is 18.8 Å². The first kappa shape index (κ1) is 16.0. The van der Waals surface area contributed by atoms with Crippen LogP contribution in [0.3, 0.4) is 0 Å². The van der Waals surface area contributed by atoms with Gasteiger partial charge in [0.25, 0.3) is 0 Å². The maximum Gasteiger partial charge on any atom is 0.310 e. The third-order valence-electron chi connectivity index (χ3n) is 5.61. The largest absolute Gasteiger partial charge is 0.481 e. The molecule has 1 aromatic carbocycles. The Morgan fingerprint density at radius 2 is 1.83 bits per heavy atom. The van der Waals surface area contributed by atoms with E-state index >= 15 is 0 Å². The van der Waals surface area contributed by atoms with Crippen LogP contribution in [0.5, 0.6) is 0 Å². The van der Waals surface area contributed by atoms with Crippen LogP contribution in [0.4, 0.5) is 0 Å². The van der Waals surface area contributed by atoms with E-state index in [2.05, 4.69) is 24.3 Å². The van der Waals surface area contributed by atoms with E-state index in [9.17, 15) is 14.7 Å². The van der Waals surface area contributed by atoms with Crippen LogP contribution in [0.1, 0.15) is 56.4 Å². The number of nitrogens with zero attached hydrogens (tertiary/aromatic N) is 1. The molecule has 124 valence electrons. The van der Waals surface area contributed by atoms with E-state index in [1.807, 2.05) is 11.0 Å². The second-order valence-corrected chi connectivity index (χ2v) is 7.04. The number of likely N-dealkylation sites (tertiary alicyclic amines) is 1. The van der Waals surface area contributed by atoms with Crippen molar-refractivity contribution in [3.8, 4) is 0 Å². The highest BCUT2D eigenvalue weighted by atomic mass is 16.4. The van der Waals surface area contributed by atoms with Gasteiger partial charge in [0.1, 0.15) is 0 Å². The van der Waals surface area contributed by atoms with Crippen LogP contribution in [-0.4, -0.2) is 35.0 Å². The van der Waals surface area contributed by atoms with Gasteiger partial charge < -0.3 is 10.0 Å². The average molecular weight is 315 g/mol. The van der Waals surface area contributed by atoms with Gasteiger partial charge in [0.2, 0.25) is 5.91 Å². The lowest BCUT2D eigenvalue weighted by Gasteiger charge is -2.38. The van der Waals surface area contributed by atoms with E-state index in [-0.39, 0.29) is 12.3 Å². The molecule has 1 N–H and O–H groups in total. The summed E-state index contributed by atoms with van der Waals surface area (Å²) in [6.45, 7) is 1.51. The third kappa shape index (κ3) is 3.41. The number of carbonyl (C=O) groups excluding carboxylic acids is 1. The minimum Gasteiger partial charge on any atom is -0.481 e. The first-order valence-electron chi connectivity index (χ1n) is 8.67. The second-order valence-electron chi connectivity index (χ2n) is 7.04. The zero-order valence-electron chi connectivity index (χ0n) is 13.5. The van der Waals surface area contributed by atoms with Crippen molar-refractivity contribution in [2.45, 2.75) is 50.9 Å². The molecule has 4 nitrogen and oxygen atoms in total. The molecular weight excluding hydrogens is 290 g/mol. The summed E-state index contributed by atoms with van der Waals surface area (Å²) in [6, 6.07) is 10.5. The number of amides is 1. The highest BCUT2D eigenvalue weighted by Gasteiger charge is 2.46. The summed E-state index contributed by atoms with van der Waals surface area (Å²) in [5, 5.41) is 9.41. The minimum absolute atomic E-state index is 0.0285. The van der Waals surface area contributed by atoms with Gasteiger partial charge in [-0.1, -0.05) is 36.8 Å². The Labute approximate surface area is 137 Å². The number of carbonyl (C=O) groups is 2. The highest BCUT2D eigenvalue weighted by molar-refractivity contribution is 5.85. The molecule has 0 aromatic heterocycles. The number of carboxylic acids is 1. The fourth-order valence-corrected chi connectivity index (χ4v) is 3.88. The van der Waals surface area contributed by atoms with Gasteiger partial charge in [-0.15, -0.1) is 0 Å². The molecule has 2 aliphatic rings. The van der Waals surface area contributed by atoms with Crippen molar-refractivity contribution in [3.05, 3.63) is 35.9 Å². The molecule has 1 atom stereocenters. The summed E-state index contributed by atoms with van der Waals surface area (Å²) in [6.07, 6.45) is 5.45. The van der Waals surface area contributed by atoms with Crippen molar-refractivity contribution in [2.24, 2.45) is 5.41 Å². The van der Waals surface area contributed by atoms with E-state index in [1.54, 1.807) is 0 Å². The summed E-state index contributed by atoms with van der Waals surface area (Å²) in [7, 11) is 0. The predicted octanol–water partition coefficient (Wildman–Crippen LogP) is 3.43. The molecule has 3 rings (SSSR count). The van der Waals surface area contributed by atoms with Gasteiger partial charge in [0.15, 0.2) is 0 Å². The average Bonchev–Trinajstić information content (AvgIpc) is 2.77. The standard InChI is InChI=1S/C19H25NO3/c21-17(14-19(18(22)23)10-5-11-19)20-12-4-8-16(9-13-20)15-6-2-1-3-7-15/h1-3,6-7,16H,4-5,8-14H2,(H,22,23). The van der Waals surface area contributed by atoms with Crippen molar-refractivity contribution in [2.75, 3.05) is 13.1 Å². The van der Waals surface area contributed by atoms with Crippen LogP contribution in [-0.2, 0) is 9.59 Å². The molecule has 1 saturated carbocycles. The summed E-state index contributed by atoms with van der Waals surface area (Å²) in [5.74, 6) is -0.263. The zero-order valence-corrected chi connectivity index (χ0v) is 13.5. The number of carboxylic acid groups (broad SMARTS) is 1. The smallest absolute Gasteiger partial charge is 0.310 e. The van der Waals surface area contributed by atoms with Crippen LogP contribution in [0.15, 0.2) is 30.3 Å². The fraction of sp³-hybridized carbons (Fsp3) is 0.579. The molecule has 0 radical (unpaired) electrons. The van der Waals surface area contributed by atoms with Crippen LogP contribution < -0.4 is 0 Å². The summed E-state index contributed by atoms with van der Waals surface area (Å²) in [4.78, 5) is 25.9. The first-order valence-corrected chi connectivity index (χ1v) is 8.67. The number of rotatable bonds is 4. The van der Waals surface area contributed by atoms with E-state index < -0.39 is 11.4 Å². The van der Waals surface area contributed by atoms with E-state index in [4.69, 9.17) is 0 Å². The molecule has 1 heterocycles. The second kappa shape index (κ2) is 6.73. The lowest BCUT2D eigenvalue weighted by Crippen LogP contribution is -2.44. The highest BCUT2D eigenvalue weighted by Crippen LogP contribution is 2.44. The van der Waals surface area contributed by atoms with Crippen LogP contribution in [0.25, 0.3) is 0 Å². The Morgan fingerprint density at radius 1 is 1.09 bits per heavy atom. The number of hydrogen-bond acceptors (Lipinski definition) is 2. The van der Waals surface area contributed by atoms with Gasteiger partial charge in [0, 0.05) is 19.5 Å². The molecule has 1 unspecified atom stereocenters. The predicted molar refractivity (Wildman–Crippen MR) is 88.2 cm³/mol.